The Hall–Kier alpha value is -2.47. The lowest BCUT2D eigenvalue weighted by molar-refractivity contribution is -0.123. The van der Waals surface area contributed by atoms with E-state index in [0.29, 0.717) is 16.8 Å². The molecule has 120 valence electrons. The van der Waals surface area contributed by atoms with Gasteiger partial charge in [-0.25, -0.2) is 13.6 Å². The van der Waals surface area contributed by atoms with Gasteiger partial charge < -0.3 is 10.1 Å². The first-order valence-electron chi connectivity index (χ1n) is 6.58. The number of ether oxygens (including phenoxy) is 1. The van der Waals surface area contributed by atoms with Crippen molar-refractivity contribution in [3.05, 3.63) is 64.7 Å². The Morgan fingerprint density at radius 2 is 1.78 bits per heavy atom. The summed E-state index contributed by atoms with van der Waals surface area (Å²) >= 11 is 5.79. The molecular weight excluding hydrogens is 328 g/mol. The number of esters is 1. The maximum atomic E-state index is 13.1. The molecule has 0 unspecified atom stereocenters. The molecule has 0 radical (unpaired) electrons. The van der Waals surface area contributed by atoms with Gasteiger partial charge in [-0.05, 0) is 37.3 Å². The van der Waals surface area contributed by atoms with Crippen molar-refractivity contribution in [3.63, 3.8) is 0 Å². The summed E-state index contributed by atoms with van der Waals surface area (Å²) in [5, 5.41) is 2.95. The van der Waals surface area contributed by atoms with Crippen molar-refractivity contribution >= 4 is 29.2 Å². The molecule has 2 aromatic carbocycles. The minimum Gasteiger partial charge on any atom is -0.449 e. The van der Waals surface area contributed by atoms with Gasteiger partial charge in [0.1, 0.15) is 11.6 Å². The summed E-state index contributed by atoms with van der Waals surface area (Å²) in [6.07, 6.45) is -1.16. The van der Waals surface area contributed by atoms with E-state index in [0.717, 1.165) is 12.1 Å². The van der Waals surface area contributed by atoms with Crippen LogP contribution in [0.15, 0.2) is 42.5 Å². The minimum atomic E-state index is -1.16. The van der Waals surface area contributed by atoms with Crippen molar-refractivity contribution in [2.24, 2.45) is 0 Å². The molecule has 2 aromatic rings. The normalized spacial score (nSPS) is 11.7. The van der Waals surface area contributed by atoms with Crippen LogP contribution in [0, 0.1) is 11.6 Å². The number of carbonyl (C=O) groups is 2. The van der Waals surface area contributed by atoms with Crippen LogP contribution >= 0.6 is 11.6 Å². The van der Waals surface area contributed by atoms with E-state index in [1.54, 1.807) is 18.2 Å². The number of benzene rings is 2. The average molecular weight is 340 g/mol. The van der Waals surface area contributed by atoms with E-state index in [2.05, 4.69) is 5.32 Å². The lowest BCUT2D eigenvalue weighted by Gasteiger charge is -2.13. The number of hydrogen-bond donors (Lipinski definition) is 1. The van der Waals surface area contributed by atoms with Gasteiger partial charge in [0.15, 0.2) is 6.10 Å². The Labute approximate surface area is 136 Å². The minimum absolute atomic E-state index is 0.315. The summed E-state index contributed by atoms with van der Waals surface area (Å²) in [7, 11) is 0. The second kappa shape index (κ2) is 7.19. The predicted molar refractivity (Wildman–Crippen MR) is 81.3 cm³/mol. The fraction of sp³-hybridized carbons (Fsp3) is 0.125. The lowest BCUT2D eigenvalue weighted by Crippen LogP contribution is -2.30. The zero-order valence-corrected chi connectivity index (χ0v) is 12.7. The molecule has 23 heavy (non-hydrogen) atoms. The number of anilines is 1. The molecule has 2 rings (SSSR count). The van der Waals surface area contributed by atoms with E-state index in [4.69, 9.17) is 16.3 Å². The predicted octanol–water partition coefficient (Wildman–Crippen LogP) is 3.80. The third-order valence-corrected chi connectivity index (χ3v) is 3.08. The van der Waals surface area contributed by atoms with E-state index >= 15 is 0 Å². The van der Waals surface area contributed by atoms with Crippen LogP contribution in [-0.2, 0) is 9.53 Å². The number of carbonyl (C=O) groups excluding carboxylic acids is 2. The van der Waals surface area contributed by atoms with Crippen molar-refractivity contribution in [2.45, 2.75) is 13.0 Å². The molecule has 1 N–H and O–H groups in total. The Morgan fingerprint density at radius 3 is 2.39 bits per heavy atom. The summed E-state index contributed by atoms with van der Waals surface area (Å²) < 4.78 is 31.0. The van der Waals surface area contributed by atoms with E-state index < -0.39 is 29.6 Å². The monoisotopic (exact) mass is 339 g/mol. The van der Waals surface area contributed by atoms with Crippen molar-refractivity contribution in [3.8, 4) is 0 Å². The summed E-state index contributed by atoms with van der Waals surface area (Å²) in [6.45, 7) is 1.34. The van der Waals surface area contributed by atoms with E-state index in [9.17, 15) is 18.4 Å². The molecule has 0 bridgehead atoms. The Morgan fingerprint density at radius 1 is 1.13 bits per heavy atom. The molecule has 0 saturated heterocycles. The second-order valence-electron chi connectivity index (χ2n) is 4.71. The first kappa shape index (κ1) is 16.9. The van der Waals surface area contributed by atoms with Crippen LogP contribution in [0.4, 0.5) is 14.5 Å². The summed E-state index contributed by atoms with van der Waals surface area (Å²) in [4.78, 5) is 23.8. The topological polar surface area (TPSA) is 55.4 Å². The molecule has 0 aliphatic carbocycles. The van der Waals surface area contributed by atoms with Crippen LogP contribution in [-0.4, -0.2) is 18.0 Å². The largest absolute Gasteiger partial charge is 0.449 e. The molecule has 0 aliphatic rings. The zero-order valence-electron chi connectivity index (χ0n) is 12.0. The first-order chi connectivity index (χ1) is 10.8. The maximum Gasteiger partial charge on any atom is 0.339 e. The van der Waals surface area contributed by atoms with Crippen LogP contribution in [0.5, 0.6) is 0 Å². The van der Waals surface area contributed by atoms with Crippen molar-refractivity contribution in [2.75, 3.05) is 5.32 Å². The van der Waals surface area contributed by atoms with Gasteiger partial charge in [-0.15, -0.1) is 0 Å². The van der Waals surface area contributed by atoms with Crippen LogP contribution < -0.4 is 5.32 Å². The van der Waals surface area contributed by atoms with Crippen molar-refractivity contribution in [1.82, 2.24) is 0 Å². The fourth-order valence-corrected chi connectivity index (χ4v) is 1.95. The van der Waals surface area contributed by atoms with Gasteiger partial charge in [-0.3, -0.25) is 4.79 Å². The highest BCUT2D eigenvalue weighted by molar-refractivity contribution is 6.30. The van der Waals surface area contributed by atoms with E-state index in [1.807, 2.05) is 0 Å². The summed E-state index contributed by atoms with van der Waals surface area (Å²) in [5.41, 5.74) is 0.118. The number of nitrogens with one attached hydrogen (secondary N) is 1. The number of hydrogen-bond acceptors (Lipinski definition) is 3. The van der Waals surface area contributed by atoms with E-state index in [-0.39, 0.29) is 5.56 Å². The quantitative estimate of drug-likeness (QED) is 0.862. The first-order valence-corrected chi connectivity index (χ1v) is 6.96. The number of amides is 1. The molecular formula is C16H12ClF2NO3. The van der Waals surface area contributed by atoms with Gasteiger partial charge in [-0.1, -0.05) is 17.7 Å². The number of halogens is 3. The van der Waals surface area contributed by atoms with Crippen LogP contribution in [0.25, 0.3) is 0 Å². The lowest BCUT2D eigenvalue weighted by atomic mass is 10.2. The Bertz CT molecular complexity index is 732. The highest BCUT2D eigenvalue weighted by Crippen LogP contribution is 2.16. The van der Waals surface area contributed by atoms with Gasteiger partial charge >= 0.3 is 5.97 Å². The number of rotatable bonds is 4. The van der Waals surface area contributed by atoms with E-state index in [1.165, 1.54) is 13.0 Å². The smallest absolute Gasteiger partial charge is 0.339 e. The van der Waals surface area contributed by atoms with Crippen molar-refractivity contribution < 1.29 is 23.1 Å². The van der Waals surface area contributed by atoms with Gasteiger partial charge in [0.2, 0.25) is 0 Å². The highest BCUT2D eigenvalue weighted by atomic mass is 35.5. The molecule has 0 heterocycles. The van der Waals surface area contributed by atoms with Gasteiger partial charge in [0, 0.05) is 16.8 Å². The molecule has 1 amide bonds. The molecule has 0 aliphatic heterocycles. The van der Waals surface area contributed by atoms with Crippen LogP contribution in [0.1, 0.15) is 17.3 Å². The SMILES string of the molecule is C[C@H](OC(=O)c1cc(F)cc(F)c1)C(=O)Nc1cccc(Cl)c1. The average Bonchev–Trinajstić information content (AvgIpc) is 2.46. The summed E-state index contributed by atoms with van der Waals surface area (Å²) in [6, 6.07) is 8.70. The fourth-order valence-electron chi connectivity index (χ4n) is 1.76. The molecule has 1 atom stereocenters. The third kappa shape index (κ3) is 4.75. The molecule has 7 heteroatoms. The Balaban J connectivity index is 2.01. The van der Waals surface area contributed by atoms with Crippen LogP contribution in [0.3, 0.4) is 0 Å². The molecule has 0 spiro atoms. The highest BCUT2D eigenvalue weighted by Gasteiger charge is 2.20. The molecule has 0 fully saturated rings. The maximum absolute atomic E-state index is 13.1. The van der Waals surface area contributed by atoms with Gasteiger partial charge in [0.25, 0.3) is 5.91 Å². The van der Waals surface area contributed by atoms with Gasteiger partial charge in [0.05, 0.1) is 5.56 Å². The second-order valence-corrected chi connectivity index (χ2v) is 5.14. The summed E-state index contributed by atoms with van der Waals surface area (Å²) in [5.74, 6) is -3.42. The molecule has 0 aromatic heterocycles. The van der Waals surface area contributed by atoms with Crippen molar-refractivity contribution in [1.29, 1.82) is 0 Å². The zero-order chi connectivity index (χ0) is 17.0. The van der Waals surface area contributed by atoms with Crippen LogP contribution in [0.2, 0.25) is 5.02 Å². The Kier molecular flexibility index (Phi) is 5.28. The molecule has 4 nitrogen and oxygen atoms in total. The van der Waals surface area contributed by atoms with Gasteiger partial charge in [-0.2, -0.15) is 0 Å². The molecule has 0 saturated carbocycles. The standard InChI is InChI=1S/C16H12ClF2NO3/c1-9(15(21)20-14-4-2-3-11(17)7-14)23-16(22)10-5-12(18)8-13(19)6-10/h2-9H,1H3,(H,20,21)/t9-/m0/s1. The third-order valence-electron chi connectivity index (χ3n) is 2.84.